The second-order valence-electron chi connectivity index (χ2n) is 14.5. The van der Waals surface area contributed by atoms with Crippen LogP contribution in [-0.4, -0.2) is 24.2 Å². The van der Waals surface area contributed by atoms with Crippen molar-refractivity contribution in [3.8, 4) is 51.0 Å². The van der Waals surface area contributed by atoms with Crippen LogP contribution in [0.15, 0.2) is 200 Å². The summed E-state index contributed by atoms with van der Waals surface area (Å²) in [5.41, 5.74) is 15.7. The van der Waals surface area contributed by atoms with Gasteiger partial charge < -0.3 is 9.99 Å². The Labute approximate surface area is 335 Å². The summed E-state index contributed by atoms with van der Waals surface area (Å²) in [6, 6.07) is 70.0. The van der Waals surface area contributed by atoms with Crippen LogP contribution in [0.4, 0.5) is 0 Å². The molecule has 0 amide bonds. The van der Waals surface area contributed by atoms with Crippen LogP contribution >= 0.6 is 0 Å². The molecular formula is C52H36N6. The van der Waals surface area contributed by atoms with Gasteiger partial charge in [-0.05, 0) is 53.1 Å². The molecule has 0 aliphatic rings. The largest absolute Gasteiger partial charge is 0.321 e. The van der Waals surface area contributed by atoms with Crippen LogP contribution in [0.5, 0.6) is 0 Å². The average molecular weight is 745 g/mol. The minimum absolute atomic E-state index is 0.619. The van der Waals surface area contributed by atoms with Crippen LogP contribution in [0.25, 0.3) is 94.6 Å². The molecule has 6 heteroatoms. The van der Waals surface area contributed by atoms with Gasteiger partial charge in [0.25, 0.3) is 0 Å². The summed E-state index contributed by atoms with van der Waals surface area (Å²) in [6.45, 7) is 0.713. The fourth-order valence-corrected chi connectivity index (χ4v) is 8.31. The Hall–Kier alpha value is -7.83. The molecule has 0 spiro atoms. The number of fused-ring (bicyclic) bond motifs is 7. The molecule has 0 aliphatic heterocycles. The van der Waals surface area contributed by atoms with Gasteiger partial charge in [-0.3, -0.25) is 4.68 Å². The Balaban J connectivity index is 1.06. The Morgan fingerprint density at radius 2 is 0.845 bits per heavy atom. The maximum absolute atomic E-state index is 5.12. The van der Waals surface area contributed by atoms with Crippen LogP contribution < -0.4 is 5.43 Å². The lowest BCUT2D eigenvalue weighted by Crippen LogP contribution is -2.13. The monoisotopic (exact) mass is 744 g/mol. The number of hydrogen-bond acceptors (Lipinski definition) is 4. The molecule has 0 unspecified atom stereocenters. The highest BCUT2D eigenvalue weighted by atomic mass is 15.4. The summed E-state index contributed by atoms with van der Waals surface area (Å²) < 4.78 is 4.63. The Morgan fingerprint density at radius 1 is 0.362 bits per heavy atom. The van der Waals surface area contributed by atoms with Gasteiger partial charge in [-0.1, -0.05) is 164 Å². The summed E-state index contributed by atoms with van der Waals surface area (Å²) in [4.78, 5) is 15.2. The van der Waals surface area contributed by atoms with Gasteiger partial charge in [0.1, 0.15) is 0 Å². The summed E-state index contributed by atoms with van der Waals surface area (Å²) >= 11 is 0. The number of para-hydroxylation sites is 2. The number of rotatable bonds is 8. The summed E-state index contributed by atoms with van der Waals surface area (Å²) in [5.74, 6) is 1.88. The first-order chi connectivity index (χ1) is 28.8. The standard InChI is InChI=1S/C52H36N6/c1-4-15-35(16-5-1)34-53-58-45-26-13-11-24-43(45)49-47(58)32-31-46-48(49)42-23-10-12-25-44(42)57(46)41-22-14-21-40(33-41)52-55-50(38-19-8-3-9-20-38)54-51(56-52)39-29-27-37(28-30-39)36-17-6-2-7-18-36/h1-33,53H,34H2. The zero-order chi connectivity index (χ0) is 38.4. The molecule has 11 aromatic rings. The molecule has 0 bridgehead atoms. The predicted molar refractivity (Wildman–Crippen MR) is 238 cm³/mol. The van der Waals surface area contributed by atoms with E-state index in [1.165, 1.54) is 32.7 Å². The van der Waals surface area contributed by atoms with E-state index in [-0.39, 0.29) is 0 Å². The molecule has 11 rings (SSSR count). The first kappa shape index (κ1) is 33.5. The van der Waals surface area contributed by atoms with Crippen molar-refractivity contribution in [2.45, 2.75) is 6.54 Å². The van der Waals surface area contributed by atoms with E-state index in [1.807, 2.05) is 36.4 Å². The Kier molecular flexibility index (Phi) is 8.11. The summed E-state index contributed by atoms with van der Waals surface area (Å²) in [7, 11) is 0. The number of benzene rings is 8. The molecule has 0 radical (unpaired) electrons. The first-order valence-corrected chi connectivity index (χ1v) is 19.6. The van der Waals surface area contributed by atoms with E-state index in [9.17, 15) is 0 Å². The highest BCUT2D eigenvalue weighted by Gasteiger charge is 2.21. The molecule has 0 fully saturated rings. The lowest BCUT2D eigenvalue weighted by atomic mass is 10.0. The third kappa shape index (κ3) is 5.78. The molecule has 58 heavy (non-hydrogen) atoms. The van der Waals surface area contributed by atoms with Gasteiger partial charge in [0.2, 0.25) is 0 Å². The van der Waals surface area contributed by atoms with Gasteiger partial charge in [-0.15, -0.1) is 0 Å². The quantitative estimate of drug-likeness (QED) is 0.168. The molecule has 274 valence electrons. The van der Waals surface area contributed by atoms with Crippen LogP contribution in [-0.2, 0) is 6.54 Å². The molecular weight excluding hydrogens is 709 g/mol. The van der Waals surface area contributed by atoms with Crippen molar-refractivity contribution in [2.75, 3.05) is 5.43 Å². The van der Waals surface area contributed by atoms with Crippen LogP contribution in [0.1, 0.15) is 5.56 Å². The lowest BCUT2D eigenvalue weighted by molar-refractivity contribution is 0.901. The smallest absolute Gasteiger partial charge is 0.164 e. The van der Waals surface area contributed by atoms with Gasteiger partial charge in [0.05, 0.1) is 28.6 Å². The third-order valence-electron chi connectivity index (χ3n) is 11.0. The van der Waals surface area contributed by atoms with Crippen molar-refractivity contribution in [3.63, 3.8) is 0 Å². The SMILES string of the molecule is c1ccc(CNn2c3ccccc3c3c4c5ccccc5n(-c5cccc(-c6nc(-c7ccccc7)nc(-c7ccc(-c8ccccc8)cc7)n6)c5)c4ccc32)cc1. The minimum Gasteiger partial charge on any atom is -0.321 e. The maximum Gasteiger partial charge on any atom is 0.164 e. The van der Waals surface area contributed by atoms with E-state index < -0.39 is 0 Å². The highest BCUT2D eigenvalue weighted by molar-refractivity contribution is 6.28. The van der Waals surface area contributed by atoms with E-state index in [4.69, 9.17) is 15.0 Å². The minimum atomic E-state index is 0.619. The molecule has 6 nitrogen and oxygen atoms in total. The van der Waals surface area contributed by atoms with Gasteiger partial charge in [-0.2, -0.15) is 0 Å². The molecule has 1 N–H and O–H groups in total. The second kappa shape index (κ2) is 14.0. The van der Waals surface area contributed by atoms with Crippen molar-refractivity contribution in [1.82, 2.24) is 24.2 Å². The van der Waals surface area contributed by atoms with Crippen molar-refractivity contribution >= 4 is 43.6 Å². The van der Waals surface area contributed by atoms with Gasteiger partial charge in [-0.25, -0.2) is 15.0 Å². The zero-order valence-electron chi connectivity index (χ0n) is 31.5. The van der Waals surface area contributed by atoms with Crippen molar-refractivity contribution in [3.05, 3.63) is 206 Å². The Bertz CT molecular complexity index is 3260. The van der Waals surface area contributed by atoms with Gasteiger partial charge in [0.15, 0.2) is 17.5 Å². The van der Waals surface area contributed by atoms with Crippen molar-refractivity contribution in [1.29, 1.82) is 0 Å². The normalized spacial score (nSPS) is 11.5. The lowest BCUT2D eigenvalue weighted by Gasteiger charge is -2.12. The molecule has 0 saturated carbocycles. The summed E-state index contributed by atoms with van der Waals surface area (Å²) in [6.07, 6.45) is 0. The fourth-order valence-electron chi connectivity index (χ4n) is 8.31. The van der Waals surface area contributed by atoms with E-state index in [0.717, 1.165) is 50.0 Å². The van der Waals surface area contributed by atoms with E-state index >= 15 is 0 Å². The fraction of sp³-hybridized carbons (Fsp3) is 0.0192. The number of nitrogens with zero attached hydrogens (tertiary/aromatic N) is 5. The van der Waals surface area contributed by atoms with Gasteiger partial charge >= 0.3 is 0 Å². The zero-order valence-corrected chi connectivity index (χ0v) is 31.5. The number of nitrogens with one attached hydrogen (secondary N) is 1. The van der Waals surface area contributed by atoms with E-state index in [0.29, 0.717) is 24.0 Å². The Morgan fingerprint density at radius 3 is 1.55 bits per heavy atom. The molecule has 8 aromatic carbocycles. The molecule has 3 aromatic heterocycles. The van der Waals surface area contributed by atoms with Crippen LogP contribution in [0, 0.1) is 0 Å². The average Bonchev–Trinajstić information content (AvgIpc) is 3.81. The van der Waals surface area contributed by atoms with Crippen molar-refractivity contribution < 1.29 is 0 Å². The van der Waals surface area contributed by atoms with Crippen LogP contribution in [0.3, 0.4) is 0 Å². The van der Waals surface area contributed by atoms with Crippen molar-refractivity contribution in [2.24, 2.45) is 0 Å². The first-order valence-electron chi connectivity index (χ1n) is 19.6. The molecule has 3 heterocycles. The number of aromatic nitrogens is 5. The second-order valence-corrected chi connectivity index (χ2v) is 14.5. The van der Waals surface area contributed by atoms with E-state index in [1.54, 1.807) is 0 Å². The van der Waals surface area contributed by atoms with Gasteiger partial charge in [0, 0.05) is 43.9 Å². The topological polar surface area (TPSA) is 60.6 Å². The third-order valence-corrected chi connectivity index (χ3v) is 11.0. The van der Waals surface area contributed by atoms with E-state index in [2.05, 4.69) is 178 Å². The van der Waals surface area contributed by atoms with Crippen LogP contribution in [0.2, 0.25) is 0 Å². The molecule has 0 aliphatic carbocycles. The highest BCUT2D eigenvalue weighted by Crippen LogP contribution is 2.41. The predicted octanol–water partition coefficient (Wildman–Crippen LogP) is 12.5. The summed E-state index contributed by atoms with van der Waals surface area (Å²) in [5, 5.41) is 4.87. The molecule has 0 saturated heterocycles. The molecule has 0 atom stereocenters. The maximum atomic E-state index is 5.12. The number of hydrogen-bond donors (Lipinski definition) is 1.